The van der Waals surface area contributed by atoms with E-state index in [1.54, 1.807) is 45.0 Å². The number of carbonyl (C=O) groups is 3. The quantitative estimate of drug-likeness (QED) is 0.185. The van der Waals surface area contributed by atoms with Crippen LogP contribution in [0.5, 0.6) is 5.75 Å². The van der Waals surface area contributed by atoms with E-state index < -0.39 is 29.3 Å². The molecule has 0 unspecified atom stereocenters. The van der Waals surface area contributed by atoms with E-state index in [1.807, 2.05) is 6.26 Å². The molecule has 0 radical (unpaired) electrons. The average Bonchev–Trinajstić information content (AvgIpc) is 2.89. The lowest BCUT2D eigenvalue weighted by molar-refractivity contribution is 0.0525. The second-order valence-corrected chi connectivity index (χ2v) is 10.8. The smallest absolute Gasteiger partial charge is 0.407 e. The number of carbonyl (C=O) groups excluding carboxylic acids is 3. The van der Waals surface area contributed by atoms with Crippen molar-refractivity contribution in [3.8, 4) is 5.75 Å². The van der Waals surface area contributed by atoms with Gasteiger partial charge in [-0.25, -0.2) is 14.2 Å². The molecule has 0 fully saturated rings. The number of thioether (sulfide) groups is 1. The fourth-order valence-electron chi connectivity index (χ4n) is 3.33. The van der Waals surface area contributed by atoms with Crippen molar-refractivity contribution in [2.24, 2.45) is 0 Å². The van der Waals surface area contributed by atoms with Crippen LogP contribution in [0.4, 0.5) is 20.7 Å². The van der Waals surface area contributed by atoms with E-state index in [-0.39, 0.29) is 29.2 Å². The number of halogens is 2. The van der Waals surface area contributed by atoms with Crippen LogP contribution in [0.25, 0.3) is 0 Å². The summed E-state index contributed by atoms with van der Waals surface area (Å²) in [6, 6.07) is 11.6. The van der Waals surface area contributed by atoms with Gasteiger partial charge in [-0.05, 0) is 82.0 Å². The van der Waals surface area contributed by atoms with Gasteiger partial charge in [0.1, 0.15) is 23.0 Å². The molecule has 212 valence electrons. The monoisotopic (exact) mass is 588 g/mol. The van der Waals surface area contributed by atoms with E-state index in [0.717, 1.165) is 17.0 Å². The molecule has 2 aromatic carbocycles. The van der Waals surface area contributed by atoms with Gasteiger partial charge in [0.05, 0.1) is 28.4 Å². The van der Waals surface area contributed by atoms with Gasteiger partial charge in [0, 0.05) is 17.6 Å². The molecule has 0 saturated heterocycles. The summed E-state index contributed by atoms with van der Waals surface area (Å²) in [4.78, 5) is 42.9. The number of pyridine rings is 1. The highest BCUT2D eigenvalue weighted by Gasteiger charge is 2.20. The first-order valence-electron chi connectivity index (χ1n) is 12.3. The number of rotatable bonds is 10. The van der Waals surface area contributed by atoms with Gasteiger partial charge in [-0.1, -0.05) is 11.6 Å². The van der Waals surface area contributed by atoms with E-state index in [2.05, 4.69) is 20.9 Å². The number of aromatic nitrogens is 1. The normalized spacial score (nSPS) is 10.9. The Balaban J connectivity index is 1.71. The molecule has 0 aliphatic carbocycles. The molecule has 1 heterocycles. The van der Waals surface area contributed by atoms with E-state index in [4.69, 9.17) is 21.1 Å². The number of nitrogens with zero attached hydrogens (tertiary/aromatic N) is 1. The maximum absolute atomic E-state index is 14.1. The van der Waals surface area contributed by atoms with Gasteiger partial charge in [0.25, 0.3) is 11.8 Å². The van der Waals surface area contributed by atoms with E-state index in [0.29, 0.717) is 23.7 Å². The molecule has 40 heavy (non-hydrogen) atoms. The molecule has 12 heteroatoms. The Bertz CT molecular complexity index is 1370. The standard InChI is InChI=1S/C28H30ClFN4O5S/c1-28(2,3)39-27(37)31-12-5-13-38-23-15-19(40-4)8-9-20(23)25(35)33-22-10-7-18(30)14-21(22)26(36)34-24-11-6-17(29)16-32-24/h6-11,14-16H,5,12-13H2,1-4H3,(H,31,37)(H,33,35)(H,32,34,36). The number of amides is 3. The molecule has 0 aliphatic rings. The van der Waals surface area contributed by atoms with Crippen LogP contribution in [0, 0.1) is 5.82 Å². The van der Waals surface area contributed by atoms with Crippen LogP contribution in [0.3, 0.4) is 0 Å². The minimum absolute atomic E-state index is 0.0958. The number of hydrogen-bond donors (Lipinski definition) is 3. The number of ether oxygens (including phenoxy) is 2. The second kappa shape index (κ2) is 14.0. The van der Waals surface area contributed by atoms with Crippen molar-refractivity contribution >= 4 is 52.8 Å². The summed E-state index contributed by atoms with van der Waals surface area (Å²) < 4.78 is 25.1. The van der Waals surface area contributed by atoms with Crippen LogP contribution < -0.4 is 20.7 Å². The molecule has 1 aromatic heterocycles. The first-order chi connectivity index (χ1) is 18.9. The summed E-state index contributed by atoms with van der Waals surface area (Å²) in [7, 11) is 0. The van der Waals surface area contributed by atoms with Crippen LogP contribution in [0.2, 0.25) is 5.02 Å². The maximum Gasteiger partial charge on any atom is 0.407 e. The van der Waals surface area contributed by atoms with Gasteiger partial charge >= 0.3 is 6.09 Å². The Morgan fingerprint density at radius 1 is 1.00 bits per heavy atom. The zero-order valence-electron chi connectivity index (χ0n) is 22.5. The number of nitrogens with one attached hydrogen (secondary N) is 3. The second-order valence-electron chi connectivity index (χ2n) is 9.45. The summed E-state index contributed by atoms with van der Waals surface area (Å²) in [5, 5.41) is 8.28. The van der Waals surface area contributed by atoms with Gasteiger partial charge in [-0.2, -0.15) is 0 Å². The minimum atomic E-state index is -0.670. The van der Waals surface area contributed by atoms with Crippen molar-refractivity contribution in [1.29, 1.82) is 0 Å². The van der Waals surface area contributed by atoms with Crippen molar-refractivity contribution < 1.29 is 28.2 Å². The zero-order chi connectivity index (χ0) is 29.3. The molecule has 0 spiro atoms. The molecule has 3 aromatic rings. The topological polar surface area (TPSA) is 119 Å². The van der Waals surface area contributed by atoms with E-state index in [1.165, 1.54) is 30.1 Å². The van der Waals surface area contributed by atoms with Crippen LogP contribution in [-0.4, -0.2) is 47.9 Å². The first-order valence-corrected chi connectivity index (χ1v) is 13.9. The van der Waals surface area contributed by atoms with Crippen molar-refractivity contribution in [3.05, 3.63) is 76.7 Å². The molecular weight excluding hydrogens is 559 g/mol. The lowest BCUT2D eigenvalue weighted by Gasteiger charge is -2.19. The van der Waals surface area contributed by atoms with Crippen molar-refractivity contribution in [2.75, 3.05) is 30.0 Å². The van der Waals surface area contributed by atoms with E-state index >= 15 is 0 Å². The highest BCUT2D eigenvalue weighted by atomic mass is 35.5. The van der Waals surface area contributed by atoms with Crippen molar-refractivity contribution in [1.82, 2.24) is 10.3 Å². The molecule has 3 rings (SSSR count). The summed E-state index contributed by atoms with van der Waals surface area (Å²) in [6.07, 6.45) is 3.19. The number of hydrogen-bond acceptors (Lipinski definition) is 7. The molecule has 9 nitrogen and oxygen atoms in total. The molecule has 0 atom stereocenters. The number of benzene rings is 2. The van der Waals surface area contributed by atoms with Gasteiger partial charge in [0.15, 0.2) is 0 Å². The number of anilines is 2. The van der Waals surface area contributed by atoms with Crippen LogP contribution >= 0.6 is 23.4 Å². The Morgan fingerprint density at radius 3 is 2.42 bits per heavy atom. The van der Waals surface area contributed by atoms with Crippen LogP contribution in [0.1, 0.15) is 47.9 Å². The maximum atomic E-state index is 14.1. The molecule has 0 saturated carbocycles. The Labute approximate surface area is 241 Å². The van der Waals surface area contributed by atoms with Crippen molar-refractivity contribution in [3.63, 3.8) is 0 Å². The third-order valence-corrected chi connectivity index (χ3v) is 6.07. The summed E-state index contributed by atoms with van der Waals surface area (Å²) in [5.41, 5.74) is -0.382. The Hall–Kier alpha value is -3.83. The van der Waals surface area contributed by atoms with Crippen LogP contribution in [-0.2, 0) is 4.74 Å². The van der Waals surface area contributed by atoms with Crippen LogP contribution in [0.15, 0.2) is 59.6 Å². The minimum Gasteiger partial charge on any atom is -0.493 e. The summed E-state index contributed by atoms with van der Waals surface area (Å²) in [5.74, 6) is -1.35. The molecule has 3 amide bonds. The highest BCUT2D eigenvalue weighted by Crippen LogP contribution is 2.28. The third-order valence-electron chi connectivity index (χ3n) is 5.12. The van der Waals surface area contributed by atoms with E-state index in [9.17, 15) is 18.8 Å². The van der Waals surface area contributed by atoms with Gasteiger partial charge < -0.3 is 25.4 Å². The molecule has 0 bridgehead atoms. The lowest BCUT2D eigenvalue weighted by atomic mass is 10.1. The Kier molecular flexibility index (Phi) is 10.7. The molecule has 3 N–H and O–H groups in total. The Morgan fingerprint density at radius 2 is 1.75 bits per heavy atom. The SMILES string of the molecule is CSc1ccc(C(=O)Nc2ccc(F)cc2C(=O)Nc2ccc(Cl)cn2)c(OCCCNC(=O)OC(C)(C)C)c1. The summed E-state index contributed by atoms with van der Waals surface area (Å²) in [6.45, 7) is 5.86. The highest BCUT2D eigenvalue weighted by molar-refractivity contribution is 7.98. The van der Waals surface area contributed by atoms with Crippen molar-refractivity contribution in [2.45, 2.75) is 37.7 Å². The summed E-state index contributed by atoms with van der Waals surface area (Å²) >= 11 is 7.31. The van der Waals surface area contributed by atoms with Gasteiger partial charge in [0.2, 0.25) is 0 Å². The molecular formula is C28H30ClFN4O5S. The average molecular weight is 589 g/mol. The fourth-order valence-corrected chi connectivity index (χ4v) is 3.87. The number of alkyl carbamates (subject to hydrolysis) is 1. The third kappa shape index (κ3) is 9.42. The zero-order valence-corrected chi connectivity index (χ0v) is 24.0. The molecule has 0 aliphatic heterocycles. The lowest BCUT2D eigenvalue weighted by Crippen LogP contribution is -2.33. The van der Waals surface area contributed by atoms with Gasteiger partial charge in [-0.3, -0.25) is 9.59 Å². The largest absolute Gasteiger partial charge is 0.493 e. The van der Waals surface area contributed by atoms with Gasteiger partial charge in [-0.15, -0.1) is 11.8 Å². The fraction of sp³-hybridized carbons (Fsp3) is 0.286. The predicted octanol–water partition coefficient (Wildman–Crippen LogP) is 6.39. The first kappa shape index (κ1) is 30.7. The predicted molar refractivity (Wildman–Crippen MR) is 154 cm³/mol.